The van der Waals surface area contributed by atoms with E-state index in [1.807, 2.05) is 0 Å². The van der Waals surface area contributed by atoms with Gasteiger partial charge < -0.3 is 15.4 Å². The minimum atomic E-state index is 0.482. The summed E-state index contributed by atoms with van der Waals surface area (Å²) in [4.78, 5) is 7.26. The van der Waals surface area contributed by atoms with Crippen LogP contribution in [0.15, 0.2) is 4.99 Å². The van der Waals surface area contributed by atoms with E-state index in [-0.39, 0.29) is 0 Å². The quantitative estimate of drug-likeness (QED) is 0.597. The summed E-state index contributed by atoms with van der Waals surface area (Å²) in [6, 6.07) is 1.09. The number of hydrogen-bond acceptors (Lipinski definition) is 3. The van der Waals surface area contributed by atoms with Gasteiger partial charge in [0.15, 0.2) is 5.96 Å². The zero-order chi connectivity index (χ0) is 14.9. The van der Waals surface area contributed by atoms with E-state index in [4.69, 9.17) is 9.73 Å². The maximum atomic E-state index is 5.41. The Morgan fingerprint density at radius 3 is 2.62 bits per heavy atom. The predicted molar refractivity (Wildman–Crippen MR) is 87.8 cm³/mol. The highest BCUT2D eigenvalue weighted by atomic mass is 16.5. The fraction of sp³-hybridized carbons (Fsp3) is 0.938. The third kappa shape index (κ3) is 5.83. The van der Waals surface area contributed by atoms with Crippen LogP contribution < -0.4 is 10.6 Å². The summed E-state index contributed by atoms with van der Waals surface area (Å²) in [5.74, 6) is 0.990. The molecule has 0 radical (unpaired) electrons. The number of rotatable bonds is 5. The van der Waals surface area contributed by atoms with Crippen molar-refractivity contribution in [2.24, 2.45) is 4.99 Å². The second kappa shape index (κ2) is 9.26. The van der Waals surface area contributed by atoms with E-state index in [1.165, 1.54) is 32.1 Å². The van der Waals surface area contributed by atoms with Gasteiger partial charge in [0.2, 0.25) is 0 Å². The summed E-state index contributed by atoms with van der Waals surface area (Å²) in [6.45, 7) is 9.93. The van der Waals surface area contributed by atoms with Gasteiger partial charge in [-0.25, -0.2) is 0 Å². The van der Waals surface area contributed by atoms with Crippen molar-refractivity contribution < 1.29 is 4.74 Å². The van der Waals surface area contributed by atoms with Gasteiger partial charge in [-0.15, -0.1) is 0 Å². The number of guanidine groups is 1. The fourth-order valence-electron chi connectivity index (χ4n) is 3.12. The van der Waals surface area contributed by atoms with E-state index in [0.717, 1.165) is 45.4 Å². The van der Waals surface area contributed by atoms with Crippen molar-refractivity contribution in [1.82, 2.24) is 15.5 Å². The SMILES string of the molecule is CCNC(=NCC(C)N1CCOCC1)NC1CCCCC1. The number of nitrogens with one attached hydrogen (secondary N) is 2. The van der Waals surface area contributed by atoms with Crippen molar-refractivity contribution in [1.29, 1.82) is 0 Å². The molecule has 2 rings (SSSR count). The zero-order valence-electron chi connectivity index (χ0n) is 13.7. The van der Waals surface area contributed by atoms with E-state index in [9.17, 15) is 0 Å². The van der Waals surface area contributed by atoms with E-state index in [2.05, 4.69) is 29.4 Å². The van der Waals surface area contributed by atoms with E-state index < -0.39 is 0 Å². The second-order valence-electron chi connectivity index (χ2n) is 6.20. The van der Waals surface area contributed by atoms with Gasteiger partial charge in [0.25, 0.3) is 0 Å². The fourth-order valence-corrected chi connectivity index (χ4v) is 3.12. The zero-order valence-corrected chi connectivity index (χ0v) is 13.7. The molecule has 1 unspecified atom stereocenters. The number of morpholine rings is 1. The molecule has 21 heavy (non-hydrogen) atoms. The summed E-state index contributed by atoms with van der Waals surface area (Å²) in [5.41, 5.74) is 0. The summed E-state index contributed by atoms with van der Waals surface area (Å²) in [5, 5.41) is 6.99. The highest BCUT2D eigenvalue weighted by molar-refractivity contribution is 5.80. The Morgan fingerprint density at radius 2 is 1.95 bits per heavy atom. The van der Waals surface area contributed by atoms with Crippen LogP contribution in [0.3, 0.4) is 0 Å². The number of nitrogens with zero attached hydrogens (tertiary/aromatic N) is 2. The van der Waals surface area contributed by atoms with Gasteiger partial charge in [-0.3, -0.25) is 9.89 Å². The van der Waals surface area contributed by atoms with Gasteiger partial charge in [0, 0.05) is 31.7 Å². The van der Waals surface area contributed by atoms with Crippen LogP contribution in [0.2, 0.25) is 0 Å². The highest BCUT2D eigenvalue weighted by Gasteiger charge is 2.18. The number of hydrogen-bond donors (Lipinski definition) is 2. The second-order valence-corrected chi connectivity index (χ2v) is 6.20. The number of ether oxygens (including phenoxy) is 1. The third-order valence-electron chi connectivity index (χ3n) is 4.47. The molecule has 0 spiro atoms. The van der Waals surface area contributed by atoms with E-state index in [0.29, 0.717) is 12.1 Å². The molecular weight excluding hydrogens is 264 g/mol. The first-order valence-corrected chi connectivity index (χ1v) is 8.66. The molecule has 1 saturated heterocycles. The van der Waals surface area contributed by atoms with Crippen LogP contribution in [0.25, 0.3) is 0 Å². The molecule has 2 N–H and O–H groups in total. The van der Waals surface area contributed by atoms with Gasteiger partial charge >= 0.3 is 0 Å². The van der Waals surface area contributed by atoms with Gasteiger partial charge in [-0.2, -0.15) is 0 Å². The van der Waals surface area contributed by atoms with Crippen molar-refractivity contribution in [3.05, 3.63) is 0 Å². The Labute approximate surface area is 129 Å². The molecule has 0 aromatic carbocycles. The van der Waals surface area contributed by atoms with Gasteiger partial charge in [-0.05, 0) is 26.7 Å². The number of aliphatic imine (C=N–C) groups is 1. The average molecular weight is 296 g/mol. The standard InChI is InChI=1S/C16H32N4O/c1-3-17-16(19-15-7-5-4-6-8-15)18-13-14(2)20-9-11-21-12-10-20/h14-15H,3-13H2,1-2H3,(H2,17,18,19). The Kier molecular flexibility index (Phi) is 7.30. The molecule has 5 nitrogen and oxygen atoms in total. The van der Waals surface area contributed by atoms with Gasteiger partial charge in [-0.1, -0.05) is 19.3 Å². The van der Waals surface area contributed by atoms with Gasteiger partial charge in [0.1, 0.15) is 0 Å². The summed E-state index contributed by atoms with van der Waals surface area (Å²) < 4.78 is 5.41. The Balaban J connectivity index is 1.80. The smallest absolute Gasteiger partial charge is 0.191 e. The topological polar surface area (TPSA) is 48.9 Å². The van der Waals surface area contributed by atoms with E-state index in [1.54, 1.807) is 0 Å². The van der Waals surface area contributed by atoms with Crippen molar-refractivity contribution in [2.75, 3.05) is 39.4 Å². The molecule has 1 heterocycles. The van der Waals surface area contributed by atoms with Crippen LogP contribution in [0, 0.1) is 0 Å². The van der Waals surface area contributed by atoms with Crippen LogP contribution >= 0.6 is 0 Å². The van der Waals surface area contributed by atoms with Crippen LogP contribution in [0.4, 0.5) is 0 Å². The first-order valence-electron chi connectivity index (χ1n) is 8.66. The monoisotopic (exact) mass is 296 g/mol. The van der Waals surface area contributed by atoms with Crippen LogP contribution in [-0.2, 0) is 4.74 Å². The molecule has 1 aliphatic heterocycles. The maximum absolute atomic E-state index is 5.41. The largest absolute Gasteiger partial charge is 0.379 e. The average Bonchev–Trinajstić information content (AvgIpc) is 2.54. The minimum Gasteiger partial charge on any atom is -0.379 e. The van der Waals surface area contributed by atoms with E-state index >= 15 is 0 Å². The molecule has 2 aliphatic rings. The van der Waals surface area contributed by atoms with Crippen LogP contribution in [0.1, 0.15) is 46.0 Å². The Morgan fingerprint density at radius 1 is 1.24 bits per heavy atom. The molecule has 0 aromatic rings. The van der Waals surface area contributed by atoms with Crippen molar-refractivity contribution >= 4 is 5.96 Å². The molecular formula is C16H32N4O. The molecule has 1 aliphatic carbocycles. The lowest BCUT2D eigenvalue weighted by molar-refractivity contribution is 0.0220. The predicted octanol–water partition coefficient (Wildman–Crippen LogP) is 1.59. The first kappa shape index (κ1) is 16.6. The third-order valence-corrected chi connectivity index (χ3v) is 4.47. The first-order chi connectivity index (χ1) is 10.3. The lowest BCUT2D eigenvalue weighted by Gasteiger charge is -2.31. The summed E-state index contributed by atoms with van der Waals surface area (Å²) >= 11 is 0. The lowest BCUT2D eigenvalue weighted by atomic mass is 9.96. The highest BCUT2D eigenvalue weighted by Crippen LogP contribution is 2.17. The van der Waals surface area contributed by atoms with Gasteiger partial charge in [0.05, 0.1) is 19.8 Å². The van der Waals surface area contributed by atoms with Crippen molar-refractivity contribution in [2.45, 2.75) is 58.0 Å². The summed E-state index contributed by atoms with van der Waals surface area (Å²) in [6.07, 6.45) is 6.65. The van der Waals surface area contributed by atoms with Crippen LogP contribution in [-0.4, -0.2) is 62.3 Å². The minimum absolute atomic E-state index is 0.482. The molecule has 0 amide bonds. The summed E-state index contributed by atoms with van der Waals surface area (Å²) in [7, 11) is 0. The Bertz CT molecular complexity index is 309. The molecule has 1 atom stereocenters. The normalized spacial score (nSPS) is 23.8. The molecule has 5 heteroatoms. The van der Waals surface area contributed by atoms with Crippen molar-refractivity contribution in [3.63, 3.8) is 0 Å². The Hall–Kier alpha value is -0.810. The van der Waals surface area contributed by atoms with Crippen molar-refractivity contribution in [3.8, 4) is 0 Å². The maximum Gasteiger partial charge on any atom is 0.191 e. The molecule has 122 valence electrons. The lowest BCUT2D eigenvalue weighted by Crippen LogP contribution is -2.46. The molecule has 2 fully saturated rings. The molecule has 0 aromatic heterocycles. The molecule has 0 bridgehead atoms. The molecule has 1 saturated carbocycles. The van der Waals surface area contributed by atoms with Crippen LogP contribution in [0.5, 0.6) is 0 Å².